The molecular weight excluding hydrogens is 294 g/mol. The highest BCUT2D eigenvalue weighted by atomic mass is 16.4. The molecule has 6 nitrogen and oxygen atoms in total. The van der Waals surface area contributed by atoms with Crippen LogP contribution in [0, 0.1) is 0 Å². The number of aromatic hydroxyl groups is 2. The fraction of sp³-hybridized carbons (Fsp3) is 0.176. The molecule has 0 aliphatic carbocycles. The van der Waals surface area contributed by atoms with E-state index in [1.165, 1.54) is 6.07 Å². The van der Waals surface area contributed by atoms with Crippen molar-refractivity contribution < 1.29 is 14.6 Å². The first-order valence-corrected chi connectivity index (χ1v) is 7.14. The van der Waals surface area contributed by atoms with Crippen molar-refractivity contribution in [2.75, 3.05) is 20.6 Å². The number of fused-ring (bicyclic) bond motifs is 1. The predicted octanol–water partition coefficient (Wildman–Crippen LogP) is 3.17. The molecule has 118 valence electrons. The van der Waals surface area contributed by atoms with Crippen molar-refractivity contribution in [2.45, 2.75) is 0 Å². The first-order valence-electron chi connectivity index (χ1n) is 7.14. The number of oxazole rings is 1. The number of rotatable bonds is 4. The van der Waals surface area contributed by atoms with E-state index < -0.39 is 0 Å². The number of phenols is 2. The summed E-state index contributed by atoms with van der Waals surface area (Å²) in [6.45, 7) is 0.617. The molecule has 2 aromatic carbocycles. The summed E-state index contributed by atoms with van der Waals surface area (Å²) in [6.07, 6.45) is 1.65. The van der Waals surface area contributed by atoms with Crippen molar-refractivity contribution in [3.63, 3.8) is 0 Å². The Kier molecular flexibility index (Phi) is 3.99. The molecule has 1 aromatic heterocycles. The van der Waals surface area contributed by atoms with Crippen molar-refractivity contribution in [1.82, 2.24) is 9.88 Å². The van der Waals surface area contributed by atoms with Crippen LogP contribution in [0.4, 0.5) is 5.69 Å². The number of benzene rings is 2. The maximum Gasteiger partial charge on any atom is 0.227 e. The number of aliphatic imine (C=N–C) groups is 1. The normalized spacial score (nSPS) is 11.8. The Morgan fingerprint density at radius 3 is 2.65 bits per heavy atom. The minimum atomic E-state index is -0.112. The predicted molar refractivity (Wildman–Crippen MR) is 89.5 cm³/mol. The van der Waals surface area contributed by atoms with E-state index in [0.29, 0.717) is 12.4 Å². The maximum atomic E-state index is 10.3. The van der Waals surface area contributed by atoms with Gasteiger partial charge in [0.05, 0.1) is 0 Å². The lowest BCUT2D eigenvalue weighted by Crippen LogP contribution is -2.13. The van der Waals surface area contributed by atoms with Crippen LogP contribution < -0.4 is 0 Å². The van der Waals surface area contributed by atoms with E-state index in [1.807, 2.05) is 49.3 Å². The first kappa shape index (κ1) is 15.1. The van der Waals surface area contributed by atoms with Gasteiger partial charge < -0.3 is 19.5 Å². The average Bonchev–Trinajstić information content (AvgIpc) is 2.99. The second-order valence-electron chi connectivity index (χ2n) is 5.40. The highest BCUT2D eigenvalue weighted by Gasteiger charge is 2.18. The van der Waals surface area contributed by atoms with Crippen molar-refractivity contribution in [2.24, 2.45) is 4.99 Å². The smallest absolute Gasteiger partial charge is 0.227 e. The molecule has 6 heteroatoms. The van der Waals surface area contributed by atoms with Crippen LogP contribution in [-0.4, -0.2) is 47.0 Å². The molecule has 0 amide bonds. The largest absolute Gasteiger partial charge is 0.504 e. The van der Waals surface area contributed by atoms with Crippen LogP contribution in [0.3, 0.4) is 0 Å². The summed E-state index contributed by atoms with van der Waals surface area (Å²) in [4.78, 5) is 10.4. The summed E-state index contributed by atoms with van der Waals surface area (Å²) in [7, 11) is 3.83. The van der Waals surface area contributed by atoms with Gasteiger partial charge in [0.2, 0.25) is 11.5 Å². The maximum absolute atomic E-state index is 10.3. The van der Waals surface area contributed by atoms with Gasteiger partial charge in [0.15, 0.2) is 17.0 Å². The Morgan fingerprint density at radius 2 is 1.96 bits per heavy atom. The van der Waals surface area contributed by atoms with Gasteiger partial charge in [-0.2, -0.15) is 0 Å². The molecule has 0 saturated carbocycles. The van der Waals surface area contributed by atoms with Crippen LogP contribution >= 0.6 is 0 Å². The molecule has 0 radical (unpaired) electrons. The average molecular weight is 311 g/mol. The van der Waals surface area contributed by atoms with Crippen LogP contribution in [0.2, 0.25) is 0 Å². The molecule has 1 heterocycles. The van der Waals surface area contributed by atoms with Gasteiger partial charge in [-0.05, 0) is 26.2 Å². The lowest BCUT2D eigenvalue weighted by atomic mass is 10.2. The molecule has 0 atom stereocenters. The molecule has 0 spiro atoms. The molecule has 0 aliphatic rings. The van der Waals surface area contributed by atoms with Gasteiger partial charge in [-0.25, -0.2) is 4.98 Å². The first-order chi connectivity index (χ1) is 11.1. The molecule has 0 unspecified atom stereocenters. The molecule has 0 fully saturated rings. The molecule has 0 bridgehead atoms. The molecule has 3 rings (SSSR count). The molecule has 3 aromatic rings. The number of aromatic nitrogens is 1. The third kappa shape index (κ3) is 3.02. The van der Waals surface area contributed by atoms with Crippen molar-refractivity contribution >= 4 is 23.0 Å². The van der Waals surface area contributed by atoms with Gasteiger partial charge in [0.1, 0.15) is 5.69 Å². The Balaban J connectivity index is 2.07. The summed E-state index contributed by atoms with van der Waals surface area (Å²) in [5, 5.41) is 20.5. The van der Waals surface area contributed by atoms with E-state index in [1.54, 1.807) is 6.21 Å². The van der Waals surface area contributed by atoms with Crippen molar-refractivity contribution in [3.05, 3.63) is 36.4 Å². The monoisotopic (exact) mass is 311 g/mol. The van der Waals surface area contributed by atoms with E-state index in [2.05, 4.69) is 9.98 Å². The van der Waals surface area contributed by atoms with E-state index in [-0.39, 0.29) is 28.3 Å². The zero-order chi connectivity index (χ0) is 16.4. The Hall–Kier alpha value is -2.86. The minimum Gasteiger partial charge on any atom is -0.504 e. The zero-order valence-corrected chi connectivity index (χ0v) is 12.9. The van der Waals surface area contributed by atoms with Crippen LogP contribution in [0.25, 0.3) is 22.6 Å². The lowest BCUT2D eigenvalue weighted by molar-refractivity contribution is 0.459. The van der Waals surface area contributed by atoms with Gasteiger partial charge >= 0.3 is 0 Å². The van der Waals surface area contributed by atoms with Gasteiger partial charge in [-0.15, -0.1) is 0 Å². The Labute approximate surface area is 133 Å². The highest BCUT2D eigenvalue weighted by molar-refractivity contribution is 5.92. The summed E-state index contributed by atoms with van der Waals surface area (Å²) >= 11 is 0. The number of hydrogen-bond donors (Lipinski definition) is 2. The molecule has 2 N–H and O–H groups in total. The quantitative estimate of drug-likeness (QED) is 0.571. The standard InChI is InChI=1S/C17H17N3O3/c1-20(2)9-8-18-12-10-13(21)16-14(15(12)22)19-17(23-16)11-6-4-3-5-7-11/h3-8,10,21-22H,9H2,1-2H3. The topological polar surface area (TPSA) is 82.1 Å². The summed E-state index contributed by atoms with van der Waals surface area (Å²) in [5.41, 5.74) is 1.36. The van der Waals surface area contributed by atoms with Crippen LogP contribution in [0.1, 0.15) is 0 Å². The fourth-order valence-corrected chi connectivity index (χ4v) is 2.14. The van der Waals surface area contributed by atoms with Crippen molar-refractivity contribution in [1.29, 1.82) is 0 Å². The highest BCUT2D eigenvalue weighted by Crippen LogP contribution is 2.41. The second kappa shape index (κ2) is 6.10. The van der Waals surface area contributed by atoms with E-state index in [0.717, 1.165) is 5.56 Å². The van der Waals surface area contributed by atoms with E-state index in [4.69, 9.17) is 4.42 Å². The third-order valence-electron chi connectivity index (χ3n) is 3.30. The Bertz CT molecular complexity index is 854. The zero-order valence-electron chi connectivity index (χ0n) is 12.9. The molecular formula is C17H17N3O3. The van der Waals surface area contributed by atoms with E-state index >= 15 is 0 Å². The van der Waals surface area contributed by atoms with Gasteiger partial charge in [-0.3, -0.25) is 4.99 Å². The van der Waals surface area contributed by atoms with Crippen LogP contribution in [0.5, 0.6) is 11.5 Å². The van der Waals surface area contributed by atoms with E-state index in [9.17, 15) is 10.2 Å². The number of nitrogens with zero attached hydrogens (tertiary/aromatic N) is 3. The van der Waals surface area contributed by atoms with Crippen LogP contribution in [-0.2, 0) is 0 Å². The van der Waals surface area contributed by atoms with Crippen LogP contribution in [0.15, 0.2) is 45.8 Å². The molecule has 23 heavy (non-hydrogen) atoms. The molecule has 0 saturated heterocycles. The van der Waals surface area contributed by atoms with Crippen molar-refractivity contribution in [3.8, 4) is 23.0 Å². The Morgan fingerprint density at radius 1 is 1.22 bits per heavy atom. The minimum absolute atomic E-state index is 0.107. The summed E-state index contributed by atoms with van der Waals surface area (Å²) < 4.78 is 5.58. The van der Waals surface area contributed by atoms with Gasteiger partial charge in [0, 0.05) is 24.4 Å². The SMILES string of the molecule is CN(C)CC=Nc1cc(O)c2oc(-c3ccccc3)nc2c1O. The fourth-order valence-electron chi connectivity index (χ4n) is 2.14. The number of phenolic OH excluding ortho intramolecular Hbond substituents is 2. The summed E-state index contributed by atoms with van der Waals surface area (Å²) in [6, 6.07) is 10.7. The van der Waals surface area contributed by atoms with Gasteiger partial charge in [0.25, 0.3) is 0 Å². The lowest BCUT2D eigenvalue weighted by Gasteiger charge is -2.04. The second-order valence-corrected chi connectivity index (χ2v) is 5.40. The molecule has 0 aliphatic heterocycles. The van der Waals surface area contributed by atoms with Gasteiger partial charge in [-0.1, -0.05) is 18.2 Å². The number of hydrogen-bond acceptors (Lipinski definition) is 6. The summed E-state index contributed by atoms with van der Waals surface area (Å²) in [5.74, 6) is 0.115. The third-order valence-corrected chi connectivity index (χ3v) is 3.30.